The smallest absolute Gasteiger partial charge is 0.118 e. The molecule has 0 amide bonds. The van der Waals surface area contributed by atoms with Crippen LogP contribution in [0.3, 0.4) is 0 Å². The Hall–Kier alpha value is -2.81. The number of aromatic nitrogens is 2. The lowest BCUT2D eigenvalue weighted by Gasteiger charge is -2.09. The minimum atomic E-state index is 0.859. The molecule has 2 aromatic heterocycles. The molecule has 0 N–H and O–H groups in total. The van der Waals surface area contributed by atoms with Gasteiger partial charge in [-0.2, -0.15) is 5.10 Å². The van der Waals surface area contributed by atoms with Gasteiger partial charge in [0.25, 0.3) is 0 Å². The first kappa shape index (κ1) is 12.9. The van der Waals surface area contributed by atoms with E-state index in [2.05, 4.69) is 53.6 Å². The summed E-state index contributed by atoms with van der Waals surface area (Å²) in [6.07, 6.45) is 0. The van der Waals surface area contributed by atoms with Crippen molar-refractivity contribution in [2.45, 2.75) is 6.92 Å². The fraction of sp³-hybridized carbons (Fsp3) is 0.105. The first-order valence-corrected chi connectivity index (χ1v) is 7.29. The van der Waals surface area contributed by atoms with E-state index in [4.69, 9.17) is 4.74 Å². The molecule has 4 rings (SSSR count). The molecule has 3 heteroatoms. The van der Waals surface area contributed by atoms with Gasteiger partial charge in [0.15, 0.2) is 0 Å². The highest BCUT2D eigenvalue weighted by atomic mass is 16.5. The maximum absolute atomic E-state index is 5.24. The van der Waals surface area contributed by atoms with E-state index < -0.39 is 0 Å². The van der Waals surface area contributed by atoms with E-state index in [1.165, 1.54) is 10.8 Å². The van der Waals surface area contributed by atoms with Crippen LogP contribution in [0, 0.1) is 6.92 Å². The van der Waals surface area contributed by atoms with Crippen molar-refractivity contribution in [3.8, 4) is 17.0 Å². The Morgan fingerprint density at radius 2 is 1.73 bits per heavy atom. The summed E-state index contributed by atoms with van der Waals surface area (Å²) in [7, 11) is 1.68. The number of hydrogen-bond acceptors (Lipinski definition) is 2. The van der Waals surface area contributed by atoms with Crippen LogP contribution in [0.5, 0.6) is 5.75 Å². The van der Waals surface area contributed by atoms with Crippen LogP contribution in [-0.4, -0.2) is 16.7 Å². The zero-order valence-electron chi connectivity index (χ0n) is 12.6. The Bertz CT molecular complexity index is 968. The van der Waals surface area contributed by atoms with Crippen LogP contribution in [0.4, 0.5) is 0 Å². The van der Waals surface area contributed by atoms with Crippen LogP contribution >= 0.6 is 0 Å². The van der Waals surface area contributed by atoms with Gasteiger partial charge < -0.3 is 4.74 Å². The molecule has 0 unspecified atom stereocenters. The molecule has 0 radical (unpaired) electrons. The zero-order chi connectivity index (χ0) is 15.1. The molecule has 0 fully saturated rings. The minimum Gasteiger partial charge on any atom is -0.497 e. The summed E-state index contributed by atoms with van der Waals surface area (Å²) in [4.78, 5) is 0. The second kappa shape index (κ2) is 4.88. The fourth-order valence-electron chi connectivity index (χ4n) is 2.91. The van der Waals surface area contributed by atoms with Crippen molar-refractivity contribution in [3.63, 3.8) is 0 Å². The molecule has 2 aromatic carbocycles. The van der Waals surface area contributed by atoms with Gasteiger partial charge in [-0.05, 0) is 48.7 Å². The molecule has 4 aromatic rings. The molecule has 0 saturated carbocycles. The Labute approximate surface area is 128 Å². The highest BCUT2D eigenvalue weighted by Crippen LogP contribution is 2.29. The van der Waals surface area contributed by atoms with Gasteiger partial charge in [-0.3, -0.25) is 0 Å². The molecular weight excluding hydrogens is 272 g/mol. The van der Waals surface area contributed by atoms with Crippen LogP contribution < -0.4 is 4.74 Å². The van der Waals surface area contributed by atoms with Crippen LogP contribution in [0.2, 0.25) is 0 Å². The van der Waals surface area contributed by atoms with Gasteiger partial charge in [0.05, 0.1) is 24.0 Å². The van der Waals surface area contributed by atoms with E-state index >= 15 is 0 Å². The number of methoxy groups -OCH3 is 1. The summed E-state index contributed by atoms with van der Waals surface area (Å²) in [5, 5.41) is 7.11. The summed E-state index contributed by atoms with van der Waals surface area (Å²) in [6.45, 7) is 2.03. The zero-order valence-corrected chi connectivity index (χ0v) is 12.6. The van der Waals surface area contributed by atoms with E-state index in [0.29, 0.717) is 0 Å². The highest BCUT2D eigenvalue weighted by Gasteiger charge is 2.10. The highest BCUT2D eigenvalue weighted by molar-refractivity contribution is 5.98. The summed E-state index contributed by atoms with van der Waals surface area (Å²) < 4.78 is 7.27. The van der Waals surface area contributed by atoms with Crippen molar-refractivity contribution in [3.05, 3.63) is 66.4 Å². The van der Waals surface area contributed by atoms with Crippen molar-refractivity contribution in [1.29, 1.82) is 0 Å². The number of nitrogens with zero attached hydrogens (tertiary/aromatic N) is 2. The monoisotopic (exact) mass is 288 g/mol. The Morgan fingerprint density at radius 3 is 2.50 bits per heavy atom. The molecule has 0 aliphatic rings. The average Bonchev–Trinajstić information content (AvgIpc) is 2.96. The van der Waals surface area contributed by atoms with Crippen molar-refractivity contribution in [1.82, 2.24) is 9.61 Å². The normalized spacial score (nSPS) is 11.2. The van der Waals surface area contributed by atoms with Gasteiger partial charge in [-0.15, -0.1) is 0 Å². The number of ether oxygens (including phenoxy) is 1. The quantitative estimate of drug-likeness (QED) is 0.544. The topological polar surface area (TPSA) is 26.5 Å². The third-order valence-corrected chi connectivity index (χ3v) is 3.97. The molecule has 0 atom stereocenters. The average molecular weight is 288 g/mol. The third-order valence-electron chi connectivity index (χ3n) is 3.97. The Morgan fingerprint density at radius 1 is 0.955 bits per heavy atom. The lowest BCUT2D eigenvalue weighted by Crippen LogP contribution is -1.95. The SMILES string of the molecule is COc1ccc(-c2cc3ccccc3c3cc(C)nn23)cc1. The number of pyridine rings is 1. The van der Waals surface area contributed by atoms with Crippen molar-refractivity contribution in [2.24, 2.45) is 0 Å². The number of benzene rings is 2. The van der Waals surface area contributed by atoms with Crippen LogP contribution in [0.15, 0.2) is 60.7 Å². The van der Waals surface area contributed by atoms with Crippen LogP contribution in [0.25, 0.3) is 27.5 Å². The van der Waals surface area contributed by atoms with Gasteiger partial charge in [0.1, 0.15) is 5.75 Å². The second-order valence-corrected chi connectivity index (χ2v) is 5.43. The molecule has 2 heterocycles. The number of hydrogen-bond donors (Lipinski definition) is 0. The standard InChI is InChI=1S/C19H16N2O/c1-13-11-19-17-6-4-3-5-15(17)12-18(21(19)20-13)14-7-9-16(22-2)10-8-14/h3-12H,1-2H3. The lowest BCUT2D eigenvalue weighted by atomic mass is 10.1. The largest absolute Gasteiger partial charge is 0.497 e. The molecule has 3 nitrogen and oxygen atoms in total. The van der Waals surface area contributed by atoms with Gasteiger partial charge >= 0.3 is 0 Å². The number of aryl methyl sites for hydroxylation is 1. The summed E-state index contributed by atoms with van der Waals surface area (Å²) in [5.74, 6) is 0.859. The van der Waals surface area contributed by atoms with Gasteiger partial charge in [-0.25, -0.2) is 4.52 Å². The molecule has 108 valence electrons. The minimum absolute atomic E-state index is 0.859. The Balaban J connectivity index is 2.05. The number of rotatable bonds is 2. The summed E-state index contributed by atoms with van der Waals surface area (Å²) >= 11 is 0. The van der Waals surface area contributed by atoms with Crippen molar-refractivity contribution in [2.75, 3.05) is 7.11 Å². The summed E-state index contributed by atoms with van der Waals surface area (Å²) in [5.41, 5.74) is 4.37. The van der Waals surface area contributed by atoms with E-state index in [9.17, 15) is 0 Å². The van der Waals surface area contributed by atoms with Crippen molar-refractivity contribution >= 4 is 16.3 Å². The molecule has 0 aliphatic carbocycles. The lowest BCUT2D eigenvalue weighted by molar-refractivity contribution is 0.415. The van der Waals surface area contributed by atoms with Crippen molar-refractivity contribution < 1.29 is 4.74 Å². The Kier molecular flexibility index (Phi) is 2.86. The summed E-state index contributed by atoms with van der Waals surface area (Å²) in [6, 6.07) is 20.8. The van der Waals surface area contributed by atoms with E-state index in [1.807, 2.05) is 23.6 Å². The molecule has 0 saturated heterocycles. The van der Waals surface area contributed by atoms with Gasteiger partial charge in [0, 0.05) is 10.9 Å². The van der Waals surface area contributed by atoms with Gasteiger partial charge in [0.2, 0.25) is 0 Å². The predicted octanol–water partition coefficient (Wildman–Crippen LogP) is 4.47. The fourth-order valence-corrected chi connectivity index (χ4v) is 2.91. The second-order valence-electron chi connectivity index (χ2n) is 5.43. The molecule has 0 spiro atoms. The van der Waals surface area contributed by atoms with E-state index in [-0.39, 0.29) is 0 Å². The van der Waals surface area contributed by atoms with Crippen LogP contribution in [-0.2, 0) is 0 Å². The molecule has 0 aliphatic heterocycles. The van der Waals surface area contributed by atoms with E-state index in [0.717, 1.165) is 28.2 Å². The first-order chi connectivity index (χ1) is 10.8. The van der Waals surface area contributed by atoms with Crippen LogP contribution in [0.1, 0.15) is 5.69 Å². The molecule has 22 heavy (non-hydrogen) atoms. The third kappa shape index (κ3) is 1.94. The van der Waals surface area contributed by atoms with E-state index in [1.54, 1.807) is 7.11 Å². The molecule has 0 bridgehead atoms. The first-order valence-electron chi connectivity index (χ1n) is 7.29. The predicted molar refractivity (Wildman–Crippen MR) is 89.4 cm³/mol. The molecular formula is C19H16N2O. The number of fused-ring (bicyclic) bond motifs is 3. The maximum Gasteiger partial charge on any atom is 0.118 e. The maximum atomic E-state index is 5.24. The van der Waals surface area contributed by atoms with Gasteiger partial charge in [-0.1, -0.05) is 24.3 Å².